The number of benzene rings is 1. The van der Waals surface area contributed by atoms with E-state index in [0.717, 1.165) is 58.9 Å². The van der Waals surface area contributed by atoms with Crippen molar-refractivity contribution in [1.82, 2.24) is 24.8 Å². The number of hydrogen-bond acceptors (Lipinski definition) is 8. The summed E-state index contributed by atoms with van der Waals surface area (Å²) in [6.45, 7) is 3.53. The first-order valence-electron chi connectivity index (χ1n) is 11.0. The molecule has 0 aliphatic carbocycles. The number of pyridine rings is 1. The van der Waals surface area contributed by atoms with Crippen LogP contribution in [0.3, 0.4) is 0 Å². The van der Waals surface area contributed by atoms with Gasteiger partial charge in [0.25, 0.3) is 0 Å². The molecule has 1 saturated heterocycles. The third kappa shape index (κ3) is 4.77. The molecule has 1 aliphatic rings. The molecule has 1 amide bonds. The normalized spacial score (nSPS) is 14.5. The monoisotopic (exact) mass is 540 g/mol. The van der Waals surface area contributed by atoms with Crippen molar-refractivity contribution in [3.8, 4) is 11.4 Å². The molecule has 11 heteroatoms. The van der Waals surface area contributed by atoms with Gasteiger partial charge in [-0.3, -0.25) is 9.69 Å². The molecule has 9 nitrogen and oxygen atoms in total. The summed E-state index contributed by atoms with van der Waals surface area (Å²) in [7, 11) is 4.05. The number of thiazole rings is 1. The van der Waals surface area contributed by atoms with Crippen LogP contribution in [0.25, 0.3) is 22.6 Å². The van der Waals surface area contributed by atoms with Gasteiger partial charge in [0.05, 0.1) is 16.7 Å². The van der Waals surface area contributed by atoms with Crippen LogP contribution in [-0.2, 0) is 4.79 Å². The van der Waals surface area contributed by atoms with Gasteiger partial charge in [-0.15, -0.1) is 11.3 Å². The second kappa shape index (κ2) is 9.69. The SMILES string of the molecule is CN(C)c1ccc(-c2nc3ncc(Br)c(N4CCN(CC(=O)Nc5nccs5)CC4)c3[nH]2)cc1. The fourth-order valence-electron chi connectivity index (χ4n) is 4.06. The number of H-pyrrole nitrogens is 1. The van der Waals surface area contributed by atoms with E-state index in [4.69, 9.17) is 4.98 Å². The first-order chi connectivity index (χ1) is 16.5. The Morgan fingerprint density at radius 1 is 1.18 bits per heavy atom. The maximum Gasteiger partial charge on any atom is 0.240 e. The number of nitrogens with one attached hydrogen (secondary N) is 2. The summed E-state index contributed by atoms with van der Waals surface area (Å²) in [4.78, 5) is 35.8. The number of piperazine rings is 1. The molecule has 3 aromatic heterocycles. The highest BCUT2D eigenvalue weighted by atomic mass is 79.9. The van der Waals surface area contributed by atoms with Crippen LogP contribution in [0.2, 0.25) is 0 Å². The summed E-state index contributed by atoms with van der Waals surface area (Å²) >= 11 is 5.11. The molecule has 0 atom stereocenters. The second-order valence-corrected chi connectivity index (χ2v) is 10.1. The van der Waals surface area contributed by atoms with E-state index in [-0.39, 0.29) is 5.91 Å². The van der Waals surface area contributed by atoms with E-state index < -0.39 is 0 Å². The maximum absolute atomic E-state index is 12.3. The smallest absolute Gasteiger partial charge is 0.240 e. The van der Waals surface area contributed by atoms with Crippen molar-refractivity contribution in [1.29, 1.82) is 0 Å². The van der Waals surface area contributed by atoms with Gasteiger partial charge >= 0.3 is 0 Å². The number of anilines is 3. The van der Waals surface area contributed by atoms with Gasteiger partial charge in [0.1, 0.15) is 11.3 Å². The van der Waals surface area contributed by atoms with Gasteiger partial charge in [0, 0.05) is 69.3 Å². The number of rotatable bonds is 6. The number of fused-ring (bicyclic) bond motifs is 1. The lowest BCUT2D eigenvalue weighted by Crippen LogP contribution is -2.48. The van der Waals surface area contributed by atoms with Crippen molar-refractivity contribution in [2.75, 3.05) is 61.9 Å². The molecule has 4 heterocycles. The molecule has 2 N–H and O–H groups in total. The van der Waals surface area contributed by atoms with Crippen molar-refractivity contribution < 1.29 is 4.79 Å². The third-order valence-corrected chi connectivity index (χ3v) is 7.11. The molecule has 0 unspecified atom stereocenters. The Morgan fingerprint density at radius 2 is 1.94 bits per heavy atom. The average molecular weight is 541 g/mol. The van der Waals surface area contributed by atoms with Crippen molar-refractivity contribution in [2.45, 2.75) is 0 Å². The molecule has 176 valence electrons. The summed E-state index contributed by atoms with van der Waals surface area (Å²) < 4.78 is 0.924. The Bertz CT molecular complexity index is 1280. The maximum atomic E-state index is 12.3. The minimum Gasteiger partial charge on any atom is -0.378 e. The van der Waals surface area contributed by atoms with E-state index in [0.29, 0.717) is 17.3 Å². The topological polar surface area (TPSA) is 93.3 Å². The van der Waals surface area contributed by atoms with E-state index in [1.807, 2.05) is 25.7 Å². The summed E-state index contributed by atoms with van der Waals surface area (Å²) in [6.07, 6.45) is 3.50. The molecule has 5 rings (SSSR count). The highest BCUT2D eigenvalue weighted by Gasteiger charge is 2.24. The summed E-state index contributed by atoms with van der Waals surface area (Å²) in [5.74, 6) is 0.763. The number of hydrogen-bond donors (Lipinski definition) is 2. The van der Waals surface area contributed by atoms with Crippen LogP contribution in [0.15, 0.2) is 46.5 Å². The van der Waals surface area contributed by atoms with Gasteiger partial charge in [-0.25, -0.2) is 15.0 Å². The Morgan fingerprint density at radius 3 is 2.62 bits per heavy atom. The molecule has 0 radical (unpaired) electrons. The van der Waals surface area contributed by atoms with Gasteiger partial charge in [-0.05, 0) is 40.2 Å². The average Bonchev–Trinajstić information content (AvgIpc) is 3.50. The van der Waals surface area contributed by atoms with Crippen LogP contribution < -0.4 is 15.1 Å². The van der Waals surface area contributed by atoms with E-state index >= 15 is 0 Å². The molecule has 4 aromatic rings. The van der Waals surface area contributed by atoms with Crippen LogP contribution in [-0.4, -0.2) is 77.6 Å². The summed E-state index contributed by atoms with van der Waals surface area (Å²) in [5.41, 5.74) is 4.81. The van der Waals surface area contributed by atoms with E-state index in [9.17, 15) is 4.79 Å². The standard InChI is InChI=1S/C23H25BrN8OS/c1-30(2)16-5-3-15(4-6-16)21-28-19-20(17(24)13-26-22(19)29-21)32-10-8-31(9-11-32)14-18(33)27-23-25-7-12-34-23/h3-7,12-13H,8-11,14H2,1-2H3,(H,25,27,33)(H,26,28,29). The van der Waals surface area contributed by atoms with Crippen molar-refractivity contribution in [3.05, 3.63) is 46.5 Å². The summed E-state index contributed by atoms with van der Waals surface area (Å²) in [5, 5.41) is 5.34. The molecule has 0 bridgehead atoms. The van der Waals surface area contributed by atoms with E-state index in [1.165, 1.54) is 11.3 Å². The molecular formula is C23H25BrN8OS. The molecular weight excluding hydrogens is 516 g/mol. The zero-order valence-electron chi connectivity index (χ0n) is 19.0. The highest BCUT2D eigenvalue weighted by molar-refractivity contribution is 9.10. The molecule has 1 fully saturated rings. The van der Waals surface area contributed by atoms with Gasteiger partial charge in [0.2, 0.25) is 5.91 Å². The largest absolute Gasteiger partial charge is 0.378 e. The lowest BCUT2D eigenvalue weighted by atomic mass is 10.2. The number of amides is 1. The molecule has 34 heavy (non-hydrogen) atoms. The van der Waals surface area contributed by atoms with Crippen LogP contribution >= 0.6 is 27.3 Å². The quantitative estimate of drug-likeness (QED) is 0.385. The molecule has 0 saturated carbocycles. The van der Waals surface area contributed by atoms with E-state index in [1.54, 1.807) is 6.20 Å². The van der Waals surface area contributed by atoms with Crippen LogP contribution in [0, 0.1) is 0 Å². The molecule has 1 aliphatic heterocycles. The lowest BCUT2D eigenvalue weighted by Gasteiger charge is -2.36. The zero-order chi connectivity index (χ0) is 23.7. The minimum atomic E-state index is -0.0330. The van der Waals surface area contributed by atoms with Crippen molar-refractivity contribution in [2.24, 2.45) is 0 Å². The van der Waals surface area contributed by atoms with Gasteiger partial charge < -0.3 is 20.1 Å². The number of carbonyl (C=O) groups excluding carboxylic acids is 1. The fourth-order valence-corrected chi connectivity index (χ4v) is 5.16. The minimum absolute atomic E-state index is 0.0330. The highest BCUT2D eigenvalue weighted by Crippen LogP contribution is 2.34. The van der Waals surface area contributed by atoms with Crippen molar-refractivity contribution in [3.63, 3.8) is 0 Å². The van der Waals surface area contributed by atoms with Crippen LogP contribution in [0.4, 0.5) is 16.5 Å². The predicted octanol–water partition coefficient (Wildman–Crippen LogP) is 3.67. The molecule has 1 aromatic carbocycles. The van der Waals surface area contributed by atoms with Gasteiger partial charge in [0.15, 0.2) is 10.8 Å². The number of aromatic amines is 1. The van der Waals surface area contributed by atoms with Gasteiger partial charge in [-0.1, -0.05) is 0 Å². The second-order valence-electron chi connectivity index (χ2n) is 8.33. The predicted molar refractivity (Wildman–Crippen MR) is 141 cm³/mol. The number of halogens is 1. The summed E-state index contributed by atoms with van der Waals surface area (Å²) in [6, 6.07) is 8.29. The Labute approximate surface area is 210 Å². The number of aromatic nitrogens is 4. The van der Waals surface area contributed by atoms with Crippen LogP contribution in [0.5, 0.6) is 0 Å². The Hall–Kier alpha value is -3.02. The first-order valence-corrected chi connectivity index (χ1v) is 12.6. The zero-order valence-corrected chi connectivity index (χ0v) is 21.4. The Kier molecular flexibility index (Phi) is 6.48. The number of nitrogens with zero attached hydrogens (tertiary/aromatic N) is 6. The first kappa shape index (κ1) is 22.8. The van der Waals surface area contributed by atoms with E-state index in [2.05, 4.69) is 75.2 Å². The van der Waals surface area contributed by atoms with Crippen LogP contribution in [0.1, 0.15) is 0 Å². The number of carbonyl (C=O) groups is 1. The van der Waals surface area contributed by atoms with Gasteiger partial charge in [-0.2, -0.15) is 0 Å². The molecule has 0 spiro atoms. The van der Waals surface area contributed by atoms with Crippen molar-refractivity contribution >= 4 is 60.8 Å². The number of imidazole rings is 1. The lowest BCUT2D eigenvalue weighted by molar-refractivity contribution is -0.117. The fraction of sp³-hybridized carbons (Fsp3) is 0.304. The third-order valence-electron chi connectivity index (χ3n) is 5.84. The Balaban J connectivity index is 1.31.